The molecule has 0 radical (unpaired) electrons. The van der Waals surface area contributed by atoms with Crippen LogP contribution < -0.4 is 0 Å². The second-order valence-corrected chi connectivity index (χ2v) is 3.34. The van der Waals surface area contributed by atoms with Crippen LogP contribution in [0.1, 0.15) is 13.8 Å². The van der Waals surface area contributed by atoms with Crippen molar-refractivity contribution in [2.24, 2.45) is 0 Å². The third-order valence-electron chi connectivity index (χ3n) is 1.19. The maximum atomic E-state index is 10.3. The van der Waals surface area contributed by atoms with Crippen LogP contribution in [0.25, 0.3) is 0 Å². The number of rotatable bonds is 2. The van der Waals surface area contributed by atoms with Crippen molar-refractivity contribution >= 4 is 27.2 Å². The normalized spacial score (nSPS) is 9.90. The maximum absolute atomic E-state index is 10.3. The van der Waals surface area contributed by atoms with Gasteiger partial charge >= 0.3 is 0 Å². The van der Waals surface area contributed by atoms with E-state index in [1.165, 1.54) is 0 Å². The SMILES string of the molecule is CCN(CC)C(=S)[SH](=O)=O. The van der Waals surface area contributed by atoms with Crippen LogP contribution in [0.4, 0.5) is 0 Å². The van der Waals surface area contributed by atoms with Crippen molar-refractivity contribution in [1.29, 1.82) is 0 Å². The van der Waals surface area contributed by atoms with Crippen molar-refractivity contribution in [2.75, 3.05) is 13.1 Å². The van der Waals surface area contributed by atoms with E-state index in [-0.39, 0.29) is 4.32 Å². The standard InChI is InChI=1S/C5H11NO2S2/c1-3-6(4-2)5(9)10(7)8/h10H,3-4H2,1-2H3. The average Bonchev–Trinajstić information content (AvgIpc) is 1.90. The van der Waals surface area contributed by atoms with Gasteiger partial charge in [-0.15, -0.1) is 0 Å². The molecule has 0 aromatic rings. The van der Waals surface area contributed by atoms with Gasteiger partial charge in [-0.1, -0.05) is 0 Å². The Kier molecular flexibility index (Phi) is 4.55. The third-order valence-corrected chi connectivity index (χ3v) is 2.49. The summed E-state index contributed by atoms with van der Waals surface area (Å²) in [6.07, 6.45) is 0. The minimum atomic E-state index is -2.56. The quantitative estimate of drug-likeness (QED) is 0.488. The molecule has 0 aliphatic rings. The number of thiocarbonyl (C=S) groups is 1. The molecule has 0 atom stereocenters. The molecule has 0 amide bonds. The summed E-state index contributed by atoms with van der Waals surface area (Å²) < 4.78 is 20.7. The molecule has 0 saturated heterocycles. The molecule has 0 bridgehead atoms. The minimum Gasteiger partial charge on any atom is -0.354 e. The molecule has 60 valence electrons. The molecule has 0 unspecified atom stereocenters. The molecule has 3 nitrogen and oxygen atoms in total. The zero-order valence-electron chi connectivity index (χ0n) is 6.03. The first kappa shape index (κ1) is 9.84. The van der Waals surface area contributed by atoms with Crippen LogP contribution in [0.3, 0.4) is 0 Å². The van der Waals surface area contributed by atoms with Gasteiger partial charge in [0, 0.05) is 13.1 Å². The highest BCUT2D eigenvalue weighted by molar-refractivity contribution is 8.06. The van der Waals surface area contributed by atoms with Gasteiger partial charge in [0.2, 0.25) is 0 Å². The second-order valence-electron chi connectivity index (χ2n) is 1.71. The molecule has 0 rings (SSSR count). The van der Waals surface area contributed by atoms with Gasteiger partial charge in [-0.3, -0.25) is 0 Å². The topological polar surface area (TPSA) is 37.4 Å². The van der Waals surface area contributed by atoms with E-state index >= 15 is 0 Å². The van der Waals surface area contributed by atoms with Crippen LogP contribution in [-0.4, -0.2) is 30.7 Å². The Balaban J connectivity index is 4.16. The van der Waals surface area contributed by atoms with Gasteiger partial charge in [0.25, 0.3) is 0 Å². The Morgan fingerprint density at radius 1 is 1.40 bits per heavy atom. The smallest absolute Gasteiger partial charge is 0.194 e. The minimum absolute atomic E-state index is 0.0417. The number of hydrogen-bond donors (Lipinski definition) is 1. The molecule has 0 aromatic carbocycles. The summed E-state index contributed by atoms with van der Waals surface area (Å²) in [7, 11) is -2.56. The lowest BCUT2D eigenvalue weighted by Crippen LogP contribution is -2.29. The molecule has 5 heteroatoms. The van der Waals surface area contributed by atoms with E-state index in [1.807, 2.05) is 13.8 Å². The lowest BCUT2D eigenvalue weighted by Gasteiger charge is -2.16. The van der Waals surface area contributed by atoms with E-state index in [0.29, 0.717) is 13.1 Å². The van der Waals surface area contributed by atoms with Gasteiger partial charge in [-0.25, -0.2) is 8.42 Å². The Labute approximate surface area is 68.0 Å². The first-order chi connectivity index (χ1) is 4.63. The van der Waals surface area contributed by atoms with E-state index in [0.717, 1.165) is 0 Å². The Morgan fingerprint density at radius 3 is 1.90 bits per heavy atom. The van der Waals surface area contributed by atoms with Crippen LogP contribution in [-0.2, 0) is 10.7 Å². The molecule has 0 aliphatic carbocycles. The monoisotopic (exact) mass is 181 g/mol. The first-order valence-corrected chi connectivity index (χ1v) is 4.65. The van der Waals surface area contributed by atoms with E-state index in [1.54, 1.807) is 4.90 Å². The van der Waals surface area contributed by atoms with E-state index in [4.69, 9.17) is 0 Å². The number of hydrogen-bond acceptors (Lipinski definition) is 3. The molecule has 0 N–H and O–H groups in total. The summed E-state index contributed by atoms with van der Waals surface area (Å²) in [6.45, 7) is 5.04. The summed E-state index contributed by atoms with van der Waals surface area (Å²) in [4.78, 5) is 1.63. The highest BCUT2D eigenvalue weighted by Gasteiger charge is 2.05. The van der Waals surface area contributed by atoms with Gasteiger partial charge in [0.1, 0.15) is 0 Å². The highest BCUT2D eigenvalue weighted by atomic mass is 32.2. The van der Waals surface area contributed by atoms with Gasteiger partial charge in [-0.2, -0.15) is 0 Å². The van der Waals surface area contributed by atoms with E-state index < -0.39 is 10.7 Å². The van der Waals surface area contributed by atoms with E-state index in [9.17, 15) is 8.42 Å². The van der Waals surface area contributed by atoms with Crippen LogP contribution >= 0.6 is 12.2 Å². The van der Waals surface area contributed by atoms with Crippen LogP contribution in [0.2, 0.25) is 0 Å². The van der Waals surface area contributed by atoms with Gasteiger partial charge in [-0.05, 0) is 26.1 Å². The molecular weight excluding hydrogens is 170 g/mol. The molecule has 0 fully saturated rings. The number of thiol groups is 1. The van der Waals surface area contributed by atoms with Gasteiger partial charge < -0.3 is 4.90 Å². The summed E-state index contributed by atoms with van der Waals surface area (Å²) >= 11 is 4.63. The summed E-state index contributed by atoms with van der Waals surface area (Å²) in [5.74, 6) is 0. The summed E-state index contributed by atoms with van der Waals surface area (Å²) in [5.41, 5.74) is 0. The van der Waals surface area contributed by atoms with Crippen molar-refractivity contribution in [3.05, 3.63) is 0 Å². The van der Waals surface area contributed by atoms with E-state index in [2.05, 4.69) is 12.2 Å². The average molecular weight is 181 g/mol. The van der Waals surface area contributed by atoms with Crippen molar-refractivity contribution in [3.63, 3.8) is 0 Å². The zero-order valence-corrected chi connectivity index (χ0v) is 7.74. The Hall–Kier alpha value is -0.160. The van der Waals surface area contributed by atoms with Crippen molar-refractivity contribution in [3.8, 4) is 0 Å². The molecule has 0 spiro atoms. The zero-order chi connectivity index (χ0) is 8.15. The van der Waals surface area contributed by atoms with Crippen molar-refractivity contribution < 1.29 is 8.42 Å². The van der Waals surface area contributed by atoms with Crippen LogP contribution in [0.15, 0.2) is 0 Å². The first-order valence-electron chi connectivity index (χ1n) is 3.06. The van der Waals surface area contributed by atoms with Crippen LogP contribution in [0.5, 0.6) is 0 Å². The Bertz CT molecular complexity index is 176. The molecule has 0 saturated carbocycles. The molecule has 0 aromatic heterocycles. The predicted octanol–water partition coefficient (Wildman–Crippen LogP) is 0.224. The van der Waals surface area contributed by atoms with Gasteiger partial charge in [0.05, 0.1) is 0 Å². The summed E-state index contributed by atoms with van der Waals surface area (Å²) in [5, 5.41) is 0. The molecule has 10 heavy (non-hydrogen) atoms. The predicted molar refractivity (Wildman–Crippen MR) is 45.8 cm³/mol. The summed E-state index contributed by atoms with van der Waals surface area (Å²) in [6, 6.07) is 0. The van der Waals surface area contributed by atoms with Gasteiger partial charge in [0.15, 0.2) is 15.0 Å². The molecule has 0 aliphatic heterocycles. The van der Waals surface area contributed by atoms with Crippen molar-refractivity contribution in [1.82, 2.24) is 4.90 Å². The highest BCUT2D eigenvalue weighted by Crippen LogP contribution is 1.91. The van der Waals surface area contributed by atoms with Crippen LogP contribution in [0, 0.1) is 0 Å². The second kappa shape index (κ2) is 4.62. The fourth-order valence-electron chi connectivity index (χ4n) is 0.610. The molecular formula is C5H11NO2S2. The maximum Gasteiger partial charge on any atom is 0.194 e. The fourth-order valence-corrected chi connectivity index (χ4v) is 1.38. The lowest BCUT2D eigenvalue weighted by molar-refractivity contribution is 0.478. The molecule has 0 heterocycles. The lowest BCUT2D eigenvalue weighted by atomic mass is 10.6. The fraction of sp³-hybridized carbons (Fsp3) is 0.800. The largest absolute Gasteiger partial charge is 0.354 e. The Morgan fingerprint density at radius 2 is 1.80 bits per heavy atom. The third kappa shape index (κ3) is 2.62. The number of nitrogens with zero attached hydrogens (tertiary/aromatic N) is 1. The van der Waals surface area contributed by atoms with Crippen molar-refractivity contribution in [2.45, 2.75) is 13.8 Å².